The number of hydrogen-bond donors (Lipinski definition) is 2. The van der Waals surface area contributed by atoms with Crippen molar-refractivity contribution < 1.29 is 5.11 Å². The van der Waals surface area contributed by atoms with Crippen LogP contribution in [0.15, 0.2) is 24.3 Å². The number of benzene rings is 1. The molecule has 1 aromatic carbocycles. The Morgan fingerprint density at radius 3 is 2.57 bits per heavy atom. The Hall–Kier alpha value is -1.02. The molecular weight excluding hydrogens is 174 g/mol. The summed E-state index contributed by atoms with van der Waals surface area (Å²) < 4.78 is 0. The molecule has 0 amide bonds. The van der Waals surface area contributed by atoms with Gasteiger partial charge >= 0.3 is 0 Å². The van der Waals surface area contributed by atoms with Crippen molar-refractivity contribution in [1.29, 1.82) is 0 Å². The normalized spacial score (nSPS) is 19.8. The van der Waals surface area contributed by atoms with Crippen molar-refractivity contribution in [2.45, 2.75) is 31.1 Å². The number of phenolic OH excluding ortho intramolecular Hbond substituents is 1. The Morgan fingerprint density at radius 1 is 1.29 bits per heavy atom. The third-order valence-electron chi connectivity index (χ3n) is 3.41. The molecule has 76 valence electrons. The molecule has 0 heterocycles. The lowest BCUT2D eigenvalue weighted by Gasteiger charge is -2.27. The summed E-state index contributed by atoms with van der Waals surface area (Å²) in [5.74, 6) is 0.349. The van der Waals surface area contributed by atoms with E-state index in [1.54, 1.807) is 6.07 Å². The molecule has 1 saturated carbocycles. The molecule has 1 aromatic rings. The first-order valence-corrected chi connectivity index (χ1v) is 5.26. The van der Waals surface area contributed by atoms with Gasteiger partial charge in [-0.1, -0.05) is 25.0 Å². The summed E-state index contributed by atoms with van der Waals surface area (Å²) >= 11 is 0. The molecule has 0 radical (unpaired) electrons. The van der Waals surface area contributed by atoms with Gasteiger partial charge in [0.1, 0.15) is 5.75 Å². The van der Waals surface area contributed by atoms with Crippen molar-refractivity contribution in [3.8, 4) is 5.75 Å². The van der Waals surface area contributed by atoms with Gasteiger partial charge in [0.25, 0.3) is 0 Å². The SMILES string of the molecule is NCC1(c2cccc(O)c2)CCCC1. The van der Waals surface area contributed by atoms with E-state index < -0.39 is 0 Å². The minimum Gasteiger partial charge on any atom is -0.508 e. The first-order valence-electron chi connectivity index (χ1n) is 5.26. The molecule has 1 aliphatic carbocycles. The first-order chi connectivity index (χ1) is 6.77. The molecule has 0 aromatic heterocycles. The molecule has 2 nitrogen and oxygen atoms in total. The molecule has 1 fully saturated rings. The molecule has 0 unspecified atom stereocenters. The molecule has 0 bridgehead atoms. The van der Waals surface area contributed by atoms with Crippen LogP contribution in [-0.2, 0) is 5.41 Å². The van der Waals surface area contributed by atoms with Gasteiger partial charge in [-0.05, 0) is 30.5 Å². The molecule has 14 heavy (non-hydrogen) atoms. The lowest BCUT2D eigenvalue weighted by atomic mass is 9.79. The zero-order chi connectivity index (χ0) is 10.0. The molecule has 2 rings (SSSR count). The van der Waals surface area contributed by atoms with Crippen molar-refractivity contribution in [2.75, 3.05) is 6.54 Å². The second-order valence-corrected chi connectivity index (χ2v) is 4.24. The summed E-state index contributed by atoms with van der Waals surface area (Å²) in [5, 5.41) is 9.44. The van der Waals surface area contributed by atoms with Crippen molar-refractivity contribution >= 4 is 0 Å². The first kappa shape index (κ1) is 9.53. The van der Waals surface area contributed by atoms with E-state index in [9.17, 15) is 5.11 Å². The highest BCUT2D eigenvalue weighted by molar-refractivity contribution is 5.34. The summed E-state index contributed by atoms with van der Waals surface area (Å²) in [6.45, 7) is 0.691. The smallest absolute Gasteiger partial charge is 0.115 e. The van der Waals surface area contributed by atoms with E-state index in [-0.39, 0.29) is 5.41 Å². The maximum atomic E-state index is 9.44. The van der Waals surface area contributed by atoms with E-state index in [4.69, 9.17) is 5.73 Å². The predicted molar refractivity (Wildman–Crippen MR) is 57.3 cm³/mol. The summed E-state index contributed by atoms with van der Waals surface area (Å²) in [6, 6.07) is 7.55. The van der Waals surface area contributed by atoms with Gasteiger partial charge < -0.3 is 10.8 Å². The van der Waals surface area contributed by atoms with Gasteiger partial charge in [-0.25, -0.2) is 0 Å². The Kier molecular flexibility index (Phi) is 2.46. The number of hydrogen-bond acceptors (Lipinski definition) is 2. The highest BCUT2D eigenvalue weighted by Gasteiger charge is 2.34. The summed E-state index contributed by atoms with van der Waals surface area (Å²) in [4.78, 5) is 0. The number of aromatic hydroxyl groups is 1. The molecular formula is C12H17NO. The maximum absolute atomic E-state index is 9.44. The zero-order valence-corrected chi connectivity index (χ0v) is 8.37. The Bertz CT molecular complexity index is 316. The molecule has 0 spiro atoms. The highest BCUT2D eigenvalue weighted by Crippen LogP contribution is 2.40. The van der Waals surface area contributed by atoms with Crippen LogP contribution in [0.3, 0.4) is 0 Å². The standard InChI is InChI=1S/C12H17NO/c13-9-12(6-1-2-7-12)10-4-3-5-11(14)8-10/h3-5,8,14H,1-2,6-7,9,13H2. The van der Waals surface area contributed by atoms with Crippen LogP contribution in [0, 0.1) is 0 Å². The lowest BCUT2D eigenvalue weighted by molar-refractivity contribution is 0.441. The average Bonchev–Trinajstić information content (AvgIpc) is 2.67. The van der Waals surface area contributed by atoms with E-state index in [1.807, 2.05) is 12.1 Å². The van der Waals surface area contributed by atoms with E-state index in [0.29, 0.717) is 12.3 Å². The largest absolute Gasteiger partial charge is 0.508 e. The number of nitrogens with two attached hydrogens (primary N) is 1. The Balaban J connectivity index is 2.35. The third-order valence-corrected chi connectivity index (χ3v) is 3.41. The summed E-state index contributed by atoms with van der Waals surface area (Å²) in [6.07, 6.45) is 4.83. The van der Waals surface area contributed by atoms with E-state index >= 15 is 0 Å². The second-order valence-electron chi connectivity index (χ2n) is 4.24. The third kappa shape index (κ3) is 1.50. The van der Waals surface area contributed by atoms with Crippen LogP contribution < -0.4 is 5.73 Å². The van der Waals surface area contributed by atoms with Gasteiger partial charge in [-0.15, -0.1) is 0 Å². The predicted octanol–water partition coefficient (Wildman–Crippen LogP) is 2.16. The Labute approximate surface area is 84.7 Å². The fourth-order valence-electron chi connectivity index (χ4n) is 2.50. The van der Waals surface area contributed by atoms with Crippen LogP contribution >= 0.6 is 0 Å². The fourth-order valence-corrected chi connectivity index (χ4v) is 2.50. The minimum absolute atomic E-state index is 0.138. The van der Waals surface area contributed by atoms with Crippen molar-refractivity contribution in [2.24, 2.45) is 5.73 Å². The number of phenols is 1. The highest BCUT2D eigenvalue weighted by atomic mass is 16.3. The topological polar surface area (TPSA) is 46.2 Å². The second kappa shape index (κ2) is 3.62. The van der Waals surface area contributed by atoms with Gasteiger partial charge in [-0.2, -0.15) is 0 Å². The van der Waals surface area contributed by atoms with Crippen LogP contribution in [0.2, 0.25) is 0 Å². The number of rotatable bonds is 2. The average molecular weight is 191 g/mol. The minimum atomic E-state index is 0.138. The van der Waals surface area contributed by atoms with Crippen LogP contribution in [-0.4, -0.2) is 11.7 Å². The van der Waals surface area contributed by atoms with Crippen LogP contribution in [0.4, 0.5) is 0 Å². The monoisotopic (exact) mass is 191 g/mol. The zero-order valence-electron chi connectivity index (χ0n) is 8.37. The molecule has 3 N–H and O–H groups in total. The quantitative estimate of drug-likeness (QED) is 0.752. The van der Waals surface area contributed by atoms with E-state index in [2.05, 4.69) is 6.07 Å². The van der Waals surface area contributed by atoms with Crippen molar-refractivity contribution in [3.63, 3.8) is 0 Å². The van der Waals surface area contributed by atoms with Gasteiger partial charge in [0.15, 0.2) is 0 Å². The lowest BCUT2D eigenvalue weighted by Crippen LogP contribution is -2.31. The summed E-state index contributed by atoms with van der Waals surface area (Å²) in [5.41, 5.74) is 7.21. The van der Waals surface area contributed by atoms with Crippen LogP contribution in [0.5, 0.6) is 5.75 Å². The fraction of sp³-hybridized carbons (Fsp3) is 0.500. The maximum Gasteiger partial charge on any atom is 0.115 e. The molecule has 1 aliphatic rings. The van der Waals surface area contributed by atoms with Crippen molar-refractivity contribution in [1.82, 2.24) is 0 Å². The molecule has 0 aliphatic heterocycles. The molecule has 2 heteroatoms. The summed E-state index contributed by atoms with van der Waals surface area (Å²) in [7, 11) is 0. The van der Waals surface area contributed by atoms with Crippen LogP contribution in [0.25, 0.3) is 0 Å². The van der Waals surface area contributed by atoms with Gasteiger partial charge in [0, 0.05) is 12.0 Å². The van der Waals surface area contributed by atoms with Crippen molar-refractivity contribution in [3.05, 3.63) is 29.8 Å². The van der Waals surface area contributed by atoms with Gasteiger partial charge in [0.05, 0.1) is 0 Å². The van der Waals surface area contributed by atoms with Gasteiger partial charge in [0.2, 0.25) is 0 Å². The van der Waals surface area contributed by atoms with E-state index in [0.717, 1.165) is 12.8 Å². The van der Waals surface area contributed by atoms with Gasteiger partial charge in [-0.3, -0.25) is 0 Å². The molecule has 0 atom stereocenters. The molecule has 0 saturated heterocycles. The van der Waals surface area contributed by atoms with Crippen LogP contribution in [0.1, 0.15) is 31.2 Å². The van der Waals surface area contributed by atoms with E-state index in [1.165, 1.54) is 18.4 Å². The Morgan fingerprint density at radius 2 is 2.00 bits per heavy atom.